The molecule has 0 atom stereocenters. The molecule has 0 heterocycles. The van der Waals surface area contributed by atoms with Crippen LogP contribution in [0.3, 0.4) is 0 Å². The summed E-state index contributed by atoms with van der Waals surface area (Å²) in [5.74, 6) is 3.16. The number of hydrogen-bond donors (Lipinski definition) is 1. The van der Waals surface area contributed by atoms with E-state index < -0.39 is 12.1 Å². The topological polar surface area (TPSA) is 29.1 Å². The Kier molecular flexibility index (Phi) is 4.32. The van der Waals surface area contributed by atoms with E-state index in [9.17, 15) is 18.0 Å². The van der Waals surface area contributed by atoms with E-state index >= 15 is 0 Å². The van der Waals surface area contributed by atoms with Gasteiger partial charge in [0.15, 0.2) is 0 Å². The smallest absolute Gasteiger partial charge is 0.337 e. The van der Waals surface area contributed by atoms with Crippen LogP contribution in [0, 0.1) is 17.8 Å². The molecule has 1 amide bonds. The normalized spacial score (nSPS) is 10.6. The van der Waals surface area contributed by atoms with Gasteiger partial charge in [-0.15, -0.1) is 0 Å². The van der Waals surface area contributed by atoms with Crippen molar-refractivity contribution in [3.05, 3.63) is 0 Å². The summed E-state index contributed by atoms with van der Waals surface area (Å²) in [5.41, 5.74) is 0. The summed E-state index contributed by atoms with van der Waals surface area (Å²) in [4.78, 5) is 10.2. The fourth-order valence-corrected chi connectivity index (χ4v) is 0.480. The van der Waals surface area contributed by atoms with Crippen LogP contribution < -0.4 is 5.32 Å². The molecule has 0 aliphatic heterocycles. The Morgan fingerprint density at radius 2 is 2.00 bits per heavy atom. The van der Waals surface area contributed by atoms with Crippen LogP contribution >= 0.6 is 0 Å². The maximum Gasteiger partial charge on any atom is 0.471 e. The number of carbonyl (C=O) groups excluding carboxylic acids is 1. The first-order valence-corrected chi connectivity index (χ1v) is 3.67. The van der Waals surface area contributed by atoms with Crippen LogP contribution in [-0.2, 0) is 4.79 Å². The lowest BCUT2D eigenvalue weighted by molar-refractivity contribution is -0.173. The second kappa shape index (κ2) is 4.75. The molecule has 2 nitrogen and oxygen atoms in total. The third-order valence-corrected chi connectivity index (χ3v) is 0.986. The summed E-state index contributed by atoms with van der Waals surface area (Å²) in [6.45, 7) is 3.34. The fourth-order valence-electron chi connectivity index (χ4n) is 0.480. The van der Waals surface area contributed by atoms with Crippen LogP contribution in [0.2, 0.25) is 0 Å². The predicted octanol–water partition coefficient (Wildman–Crippen LogP) is 1.32. The molecule has 13 heavy (non-hydrogen) atoms. The number of carbonyl (C=O) groups is 1. The van der Waals surface area contributed by atoms with E-state index in [0.717, 1.165) is 0 Å². The highest BCUT2D eigenvalue weighted by molar-refractivity contribution is 5.81. The van der Waals surface area contributed by atoms with Crippen molar-refractivity contribution < 1.29 is 18.0 Å². The summed E-state index contributed by atoms with van der Waals surface area (Å²) in [6.07, 6.45) is -4.82. The minimum absolute atomic E-state index is 0.0859. The summed E-state index contributed by atoms with van der Waals surface area (Å²) in [5, 5.41) is 1.64. The van der Waals surface area contributed by atoms with Crippen LogP contribution in [0.15, 0.2) is 0 Å². The minimum Gasteiger partial charge on any atom is -0.337 e. The van der Waals surface area contributed by atoms with Gasteiger partial charge in [0.05, 0.1) is 6.54 Å². The molecular weight excluding hydrogens is 183 g/mol. The van der Waals surface area contributed by atoms with Crippen molar-refractivity contribution in [1.82, 2.24) is 5.32 Å². The van der Waals surface area contributed by atoms with Gasteiger partial charge in [0.25, 0.3) is 0 Å². The largest absolute Gasteiger partial charge is 0.471 e. The Balaban J connectivity index is 3.81. The van der Waals surface area contributed by atoms with E-state index in [1.165, 1.54) is 0 Å². The molecule has 0 aliphatic rings. The molecule has 0 saturated carbocycles. The first-order valence-electron chi connectivity index (χ1n) is 3.67. The number of alkyl halides is 3. The Morgan fingerprint density at radius 1 is 1.46 bits per heavy atom. The van der Waals surface area contributed by atoms with Gasteiger partial charge in [-0.05, 0) is 0 Å². The third-order valence-electron chi connectivity index (χ3n) is 0.986. The monoisotopic (exact) mass is 193 g/mol. The van der Waals surface area contributed by atoms with Crippen molar-refractivity contribution in [2.75, 3.05) is 6.54 Å². The maximum atomic E-state index is 11.6. The van der Waals surface area contributed by atoms with E-state index in [-0.39, 0.29) is 12.5 Å². The van der Waals surface area contributed by atoms with Crippen molar-refractivity contribution in [3.8, 4) is 11.8 Å². The van der Waals surface area contributed by atoms with Crippen molar-refractivity contribution in [1.29, 1.82) is 0 Å². The zero-order chi connectivity index (χ0) is 10.5. The molecule has 5 heteroatoms. The van der Waals surface area contributed by atoms with E-state index in [4.69, 9.17) is 0 Å². The minimum atomic E-state index is -4.82. The van der Waals surface area contributed by atoms with Crippen molar-refractivity contribution in [2.45, 2.75) is 20.0 Å². The second-order valence-corrected chi connectivity index (χ2v) is 2.66. The average Bonchev–Trinajstić information content (AvgIpc) is 1.95. The SMILES string of the molecule is CC(C)C#CCNC(=O)C(F)(F)F. The lowest BCUT2D eigenvalue weighted by Crippen LogP contribution is -2.36. The molecule has 0 aromatic carbocycles. The molecule has 0 aromatic rings. The first-order chi connectivity index (χ1) is 5.84. The standard InChI is InChI=1S/C8H10F3NO/c1-6(2)4-3-5-12-7(13)8(9,10)11/h6H,5H2,1-2H3,(H,12,13). The van der Waals surface area contributed by atoms with Crippen LogP contribution in [0.1, 0.15) is 13.8 Å². The lowest BCUT2D eigenvalue weighted by Gasteiger charge is -2.03. The Labute approximate surface area is 74.5 Å². The Hall–Kier alpha value is -1.18. The third kappa shape index (κ3) is 6.02. The molecule has 0 radical (unpaired) electrons. The molecule has 0 fully saturated rings. The number of nitrogens with one attached hydrogen (secondary N) is 1. The first kappa shape index (κ1) is 11.8. The van der Waals surface area contributed by atoms with Crippen LogP contribution in [0.25, 0.3) is 0 Å². The summed E-state index contributed by atoms with van der Waals surface area (Å²) in [7, 11) is 0. The molecule has 0 spiro atoms. The van der Waals surface area contributed by atoms with Crippen molar-refractivity contribution >= 4 is 5.91 Å². The van der Waals surface area contributed by atoms with Gasteiger partial charge >= 0.3 is 12.1 Å². The van der Waals surface area contributed by atoms with Gasteiger partial charge < -0.3 is 5.32 Å². The van der Waals surface area contributed by atoms with Gasteiger partial charge in [-0.2, -0.15) is 13.2 Å². The van der Waals surface area contributed by atoms with Gasteiger partial charge in [0.1, 0.15) is 0 Å². The summed E-state index contributed by atoms with van der Waals surface area (Å²) in [6, 6.07) is 0. The van der Waals surface area contributed by atoms with Gasteiger partial charge in [0.2, 0.25) is 0 Å². The zero-order valence-corrected chi connectivity index (χ0v) is 7.33. The van der Waals surface area contributed by atoms with Gasteiger partial charge in [-0.3, -0.25) is 4.79 Å². The van der Waals surface area contributed by atoms with Crippen LogP contribution in [0.5, 0.6) is 0 Å². The maximum absolute atomic E-state index is 11.6. The van der Waals surface area contributed by atoms with Gasteiger partial charge in [-0.1, -0.05) is 25.7 Å². The highest BCUT2D eigenvalue weighted by Gasteiger charge is 2.38. The number of amides is 1. The molecule has 0 bridgehead atoms. The highest BCUT2D eigenvalue weighted by Crippen LogP contribution is 2.13. The number of halogens is 3. The number of rotatable bonds is 1. The molecule has 74 valence electrons. The molecule has 0 rings (SSSR count). The quantitative estimate of drug-likeness (QED) is 0.625. The van der Waals surface area contributed by atoms with Crippen molar-refractivity contribution in [3.63, 3.8) is 0 Å². The molecule has 0 unspecified atom stereocenters. The van der Waals surface area contributed by atoms with E-state index in [1.54, 1.807) is 19.2 Å². The molecule has 1 N–H and O–H groups in total. The lowest BCUT2D eigenvalue weighted by atomic mass is 10.2. The Morgan fingerprint density at radius 3 is 2.38 bits per heavy atom. The molecule has 0 saturated heterocycles. The fraction of sp³-hybridized carbons (Fsp3) is 0.625. The van der Waals surface area contributed by atoms with E-state index in [2.05, 4.69) is 11.8 Å². The second-order valence-electron chi connectivity index (χ2n) is 2.66. The van der Waals surface area contributed by atoms with E-state index in [1.807, 2.05) is 0 Å². The zero-order valence-electron chi connectivity index (χ0n) is 7.33. The van der Waals surface area contributed by atoms with Crippen LogP contribution in [-0.4, -0.2) is 18.6 Å². The summed E-state index contributed by atoms with van der Waals surface area (Å²) < 4.78 is 34.7. The molecular formula is C8H10F3NO. The Bertz CT molecular complexity index is 234. The molecule has 0 aromatic heterocycles. The van der Waals surface area contributed by atoms with Gasteiger partial charge in [-0.25, -0.2) is 0 Å². The molecule has 0 aliphatic carbocycles. The van der Waals surface area contributed by atoms with Crippen LogP contribution in [0.4, 0.5) is 13.2 Å². The predicted molar refractivity (Wildman–Crippen MR) is 41.7 cm³/mol. The number of hydrogen-bond acceptors (Lipinski definition) is 1. The van der Waals surface area contributed by atoms with E-state index in [0.29, 0.717) is 0 Å². The van der Waals surface area contributed by atoms with Crippen molar-refractivity contribution in [2.24, 2.45) is 5.92 Å². The average molecular weight is 193 g/mol. The highest BCUT2D eigenvalue weighted by atomic mass is 19.4. The summed E-state index contributed by atoms with van der Waals surface area (Å²) >= 11 is 0. The van der Waals surface area contributed by atoms with Gasteiger partial charge in [0, 0.05) is 5.92 Å².